The number of anilines is 3. The average Bonchev–Trinajstić information content (AvgIpc) is 3.95. The Morgan fingerprint density at radius 2 is 1.53 bits per heavy atom. The number of piperazine rings is 1. The Hall–Kier alpha value is -5.45. The van der Waals surface area contributed by atoms with Gasteiger partial charge in [-0.2, -0.15) is 5.26 Å². The number of hydrogen-bond donors (Lipinski definition) is 1. The van der Waals surface area contributed by atoms with Gasteiger partial charge in [-0.3, -0.25) is 39.1 Å². The van der Waals surface area contributed by atoms with Crippen LogP contribution in [-0.4, -0.2) is 122 Å². The zero-order chi connectivity index (χ0) is 40.1. The average molecular weight is 803 g/mol. The molecule has 5 saturated heterocycles. The SMILES string of the molecule is N#Cc1ccc(N2CCC3(CCN(C(=O)c4ccc(N5CCN(C[C@H]6CCN(c7cccc8c7C(=O)N(C7CCC(=O)NC7=O)C8=O)C6)CC5)cc4)C3)CC2)cc1Cl. The minimum absolute atomic E-state index is 0.0910. The van der Waals surface area contributed by atoms with Gasteiger partial charge in [-0.1, -0.05) is 17.7 Å². The summed E-state index contributed by atoms with van der Waals surface area (Å²) >= 11 is 6.30. The lowest BCUT2D eigenvalue weighted by atomic mass is 9.77. The topological polar surface area (TPSA) is 141 Å². The van der Waals surface area contributed by atoms with E-state index < -0.39 is 23.8 Å². The van der Waals surface area contributed by atoms with Crippen molar-refractivity contribution in [2.75, 3.05) is 86.7 Å². The molecule has 5 fully saturated rings. The van der Waals surface area contributed by atoms with Crippen LogP contribution in [0.25, 0.3) is 0 Å². The summed E-state index contributed by atoms with van der Waals surface area (Å²) in [7, 11) is 0. The monoisotopic (exact) mass is 802 g/mol. The summed E-state index contributed by atoms with van der Waals surface area (Å²) in [4.78, 5) is 77.4. The highest BCUT2D eigenvalue weighted by molar-refractivity contribution is 6.32. The normalized spacial score (nSPS) is 23.5. The van der Waals surface area contributed by atoms with Crippen molar-refractivity contribution in [2.24, 2.45) is 11.3 Å². The number of imide groups is 2. The van der Waals surface area contributed by atoms with E-state index in [4.69, 9.17) is 11.6 Å². The molecule has 3 aromatic rings. The van der Waals surface area contributed by atoms with Gasteiger partial charge in [-0.15, -0.1) is 0 Å². The molecule has 9 rings (SSSR count). The predicted octanol–water partition coefficient (Wildman–Crippen LogP) is 4.39. The third kappa shape index (κ3) is 7.06. The van der Waals surface area contributed by atoms with Gasteiger partial charge in [0.1, 0.15) is 12.1 Å². The molecule has 14 heteroatoms. The van der Waals surface area contributed by atoms with Crippen LogP contribution in [0.1, 0.15) is 75.2 Å². The summed E-state index contributed by atoms with van der Waals surface area (Å²) in [6.45, 7) is 9.50. The standard InChI is InChI=1S/C44H47ClN8O5/c45-35-24-33(9-6-31(35)25-46)49-17-13-44(14-18-49)15-19-52(28-44)41(56)30-4-7-32(8-5-30)50-22-20-48(21-23-50)26-29-12-16-51(27-29)36-3-1-2-34-39(36)43(58)53(42(34)57)37-10-11-38(54)47-40(37)55/h1-9,24,29,37H,10-23,26-28H2,(H,47,54,55)/t29-,37?/m1/s1. The number of amides is 5. The number of benzene rings is 3. The Balaban J connectivity index is 0.745. The molecule has 0 bridgehead atoms. The van der Waals surface area contributed by atoms with Crippen molar-refractivity contribution < 1.29 is 24.0 Å². The lowest BCUT2D eigenvalue weighted by molar-refractivity contribution is -0.136. The maximum atomic E-state index is 13.7. The van der Waals surface area contributed by atoms with Crippen molar-refractivity contribution in [3.05, 3.63) is 87.9 Å². The fourth-order valence-electron chi connectivity index (χ4n) is 10.1. The minimum Gasteiger partial charge on any atom is -0.371 e. The van der Waals surface area contributed by atoms with Crippen molar-refractivity contribution in [2.45, 2.75) is 44.6 Å². The lowest BCUT2D eigenvalue weighted by Crippen LogP contribution is -2.54. The molecule has 0 radical (unpaired) electrons. The summed E-state index contributed by atoms with van der Waals surface area (Å²) in [6, 6.07) is 20.2. The number of carbonyl (C=O) groups excluding carboxylic acids is 5. The number of likely N-dealkylation sites (tertiary alicyclic amines) is 1. The molecule has 0 saturated carbocycles. The first kappa shape index (κ1) is 38.1. The Labute approximate surface area is 343 Å². The van der Waals surface area contributed by atoms with Gasteiger partial charge < -0.3 is 19.6 Å². The summed E-state index contributed by atoms with van der Waals surface area (Å²) in [5.74, 6) is -1.43. The van der Waals surface area contributed by atoms with Crippen LogP contribution in [0.4, 0.5) is 17.1 Å². The van der Waals surface area contributed by atoms with E-state index in [0.29, 0.717) is 27.6 Å². The lowest BCUT2D eigenvalue weighted by Gasteiger charge is -2.40. The molecule has 3 aromatic carbocycles. The molecule has 13 nitrogen and oxygen atoms in total. The summed E-state index contributed by atoms with van der Waals surface area (Å²) in [5, 5.41) is 12.0. The molecule has 1 spiro atoms. The fourth-order valence-corrected chi connectivity index (χ4v) is 10.3. The van der Waals surface area contributed by atoms with Gasteiger partial charge in [-0.25, -0.2) is 0 Å². The first-order valence-electron chi connectivity index (χ1n) is 20.5. The van der Waals surface area contributed by atoms with Gasteiger partial charge in [0.15, 0.2) is 0 Å². The van der Waals surface area contributed by atoms with Gasteiger partial charge in [0.2, 0.25) is 11.8 Å². The number of rotatable bonds is 7. The van der Waals surface area contributed by atoms with E-state index in [-0.39, 0.29) is 30.1 Å². The molecular weight excluding hydrogens is 756 g/mol. The first-order chi connectivity index (χ1) is 28.1. The van der Waals surface area contributed by atoms with Crippen molar-refractivity contribution in [3.8, 4) is 6.07 Å². The highest BCUT2D eigenvalue weighted by Gasteiger charge is 2.47. The van der Waals surface area contributed by atoms with Gasteiger partial charge >= 0.3 is 0 Å². The highest BCUT2D eigenvalue weighted by atomic mass is 35.5. The number of carbonyl (C=O) groups is 5. The van der Waals surface area contributed by atoms with Crippen LogP contribution in [-0.2, 0) is 9.59 Å². The molecule has 1 N–H and O–H groups in total. The molecule has 6 aliphatic rings. The number of fused-ring (bicyclic) bond motifs is 1. The molecule has 6 heterocycles. The van der Waals surface area contributed by atoms with E-state index in [9.17, 15) is 29.2 Å². The van der Waals surface area contributed by atoms with Crippen LogP contribution in [0.3, 0.4) is 0 Å². The molecule has 1 unspecified atom stereocenters. The Morgan fingerprint density at radius 1 is 0.810 bits per heavy atom. The molecular formula is C44H47ClN8O5. The van der Waals surface area contributed by atoms with Crippen LogP contribution in [0, 0.1) is 22.7 Å². The van der Waals surface area contributed by atoms with E-state index >= 15 is 0 Å². The van der Waals surface area contributed by atoms with Crippen LogP contribution >= 0.6 is 11.6 Å². The van der Waals surface area contributed by atoms with E-state index in [2.05, 4.69) is 43.1 Å². The molecule has 5 amide bonds. The van der Waals surface area contributed by atoms with Crippen LogP contribution in [0.2, 0.25) is 5.02 Å². The Kier molecular flexibility index (Phi) is 10.1. The molecule has 6 aliphatic heterocycles. The second kappa shape index (κ2) is 15.4. The van der Waals surface area contributed by atoms with Crippen molar-refractivity contribution >= 4 is 58.2 Å². The van der Waals surface area contributed by atoms with Gasteiger partial charge in [0.05, 0.1) is 27.4 Å². The second-order valence-corrected chi connectivity index (χ2v) is 17.2. The number of hydrogen-bond acceptors (Lipinski definition) is 10. The van der Waals surface area contributed by atoms with Gasteiger partial charge in [0, 0.05) is 95.4 Å². The van der Waals surface area contributed by atoms with E-state index in [1.807, 2.05) is 35.2 Å². The predicted molar refractivity (Wildman–Crippen MR) is 219 cm³/mol. The van der Waals surface area contributed by atoms with Gasteiger partial charge in [-0.05, 0) is 98.0 Å². The number of halogens is 1. The van der Waals surface area contributed by atoms with Crippen LogP contribution in [0.5, 0.6) is 0 Å². The number of nitrogens with zero attached hydrogens (tertiary/aromatic N) is 7. The summed E-state index contributed by atoms with van der Waals surface area (Å²) < 4.78 is 0. The Bertz CT molecular complexity index is 2210. The number of nitriles is 1. The van der Waals surface area contributed by atoms with E-state index in [0.717, 1.165) is 125 Å². The number of piperidine rings is 2. The summed E-state index contributed by atoms with van der Waals surface area (Å²) in [5.41, 5.74) is 4.93. The quantitative estimate of drug-likeness (QED) is 0.342. The first-order valence-corrected chi connectivity index (χ1v) is 20.9. The van der Waals surface area contributed by atoms with Crippen LogP contribution < -0.4 is 20.0 Å². The second-order valence-electron chi connectivity index (χ2n) is 16.8. The molecule has 300 valence electrons. The van der Waals surface area contributed by atoms with Crippen molar-refractivity contribution in [1.82, 2.24) is 20.0 Å². The maximum Gasteiger partial charge on any atom is 0.264 e. The maximum absolute atomic E-state index is 13.7. The van der Waals surface area contributed by atoms with Crippen molar-refractivity contribution in [1.29, 1.82) is 5.26 Å². The summed E-state index contributed by atoms with van der Waals surface area (Å²) in [6.07, 6.45) is 4.25. The zero-order valence-electron chi connectivity index (χ0n) is 32.5. The van der Waals surface area contributed by atoms with E-state index in [1.54, 1.807) is 18.2 Å². The third-order valence-corrected chi connectivity index (χ3v) is 13.7. The highest BCUT2D eigenvalue weighted by Crippen LogP contribution is 2.42. The smallest absolute Gasteiger partial charge is 0.264 e. The van der Waals surface area contributed by atoms with Gasteiger partial charge in [0.25, 0.3) is 17.7 Å². The van der Waals surface area contributed by atoms with Crippen LogP contribution in [0.15, 0.2) is 60.7 Å². The third-order valence-electron chi connectivity index (χ3n) is 13.4. The largest absolute Gasteiger partial charge is 0.371 e. The Morgan fingerprint density at radius 3 is 2.26 bits per heavy atom. The fraction of sp³-hybridized carbons (Fsp3) is 0.455. The van der Waals surface area contributed by atoms with Crippen molar-refractivity contribution in [3.63, 3.8) is 0 Å². The van der Waals surface area contributed by atoms with E-state index in [1.165, 1.54) is 0 Å². The zero-order valence-corrected chi connectivity index (χ0v) is 33.3. The minimum atomic E-state index is -0.981. The number of nitrogens with one attached hydrogen (secondary N) is 1. The molecule has 58 heavy (non-hydrogen) atoms. The molecule has 2 atom stereocenters. The molecule has 0 aromatic heterocycles. The molecule has 0 aliphatic carbocycles.